The lowest BCUT2D eigenvalue weighted by atomic mass is 10.1. The number of benzene rings is 6. The fourth-order valence-corrected chi connectivity index (χ4v) is 8.35. The number of nitriles is 2. The summed E-state index contributed by atoms with van der Waals surface area (Å²) in [5.41, 5.74) is 7.50. The van der Waals surface area contributed by atoms with Crippen molar-refractivity contribution in [3.05, 3.63) is 204 Å². The third-order valence-corrected chi connectivity index (χ3v) is 11.3. The predicted molar refractivity (Wildman–Crippen MR) is 252 cm³/mol. The van der Waals surface area contributed by atoms with E-state index in [1.54, 1.807) is 24.5 Å². The maximum Gasteiger partial charge on any atom is 0.230 e. The van der Waals surface area contributed by atoms with Gasteiger partial charge in [0.05, 0.1) is 76.2 Å². The number of rotatable bonds is 8. The average Bonchev–Trinajstić information content (AvgIpc) is 3.88. The first-order chi connectivity index (χ1) is 32.5. The zero-order valence-corrected chi connectivity index (χ0v) is 34.5. The third-order valence-electron chi connectivity index (χ3n) is 11.3. The highest BCUT2D eigenvalue weighted by atomic mass is 16.5. The maximum absolute atomic E-state index is 10.0. The largest absolute Gasteiger partial charge is 0.457 e. The molecule has 0 fully saturated rings. The van der Waals surface area contributed by atoms with E-state index in [4.69, 9.17) is 32.6 Å². The number of hydrogen-bond donors (Lipinski definition) is 0. The van der Waals surface area contributed by atoms with E-state index in [0.717, 1.165) is 54.7 Å². The number of pyridine rings is 2. The molecule has 6 aromatic carbocycles. The van der Waals surface area contributed by atoms with Gasteiger partial charge in [0.1, 0.15) is 34.9 Å². The summed E-state index contributed by atoms with van der Waals surface area (Å²) < 4.78 is 16.8. The fraction of sp³-hybridized carbons (Fsp3) is 0. The highest BCUT2D eigenvalue weighted by molar-refractivity contribution is 6.11. The number of ether oxygens (including phenoxy) is 2. The molecule has 0 saturated heterocycles. The van der Waals surface area contributed by atoms with E-state index in [-0.39, 0.29) is 5.69 Å². The smallest absolute Gasteiger partial charge is 0.230 e. The quantitative estimate of drug-likeness (QED) is 0.138. The molecule has 0 aliphatic carbocycles. The van der Waals surface area contributed by atoms with Gasteiger partial charge in [-0.05, 0) is 72.8 Å². The van der Waals surface area contributed by atoms with Crippen molar-refractivity contribution in [3.8, 4) is 69.3 Å². The Labute approximate surface area is 376 Å². The topological polar surface area (TPSA) is 136 Å². The van der Waals surface area contributed by atoms with Gasteiger partial charge in [0.2, 0.25) is 11.4 Å². The van der Waals surface area contributed by atoms with Crippen LogP contribution in [0.3, 0.4) is 0 Å². The molecule has 0 amide bonds. The fourth-order valence-electron chi connectivity index (χ4n) is 8.35. The van der Waals surface area contributed by atoms with Crippen LogP contribution in [0, 0.1) is 35.8 Å². The highest BCUT2D eigenvalue weighted by Gasteiger charge is 2.19. The van der Waals surface area contributed by atoms with Gasteiger partial charge in [-0.1, -0.05) is 60.7 Å². The molecule has 0 aliphatic heterocycles. The minimum absolute atomic E-state index is 0.274. The summed E-state index contributed by atoms with van der Waals surface area (Å²) in [4.78, 5) is 25.8. The van der Waals surface area contributed by atoms with Crippen LogP contribution in [0.15, 0.2) is 170 Å². The third kappa shape index (κ3) is 6.70. The molecular weight excluding hydrogens is 821 g/mol. The van der Waals surface area contributed by atoms with Gasteiger partial charge in [-0.3, -0.25) is 14.5 Å². The van der Waals surface area contributed by atoms with Gasteiger partial charge in [-0.15, -0.1) is 0 Å². The van der Waals surface area contributed by atoms with E-state index >= 15 is 0 Å². The minimum atomic E-state index is 0.274. The van der Waals surface area contributed by atoms with E-state index < -0.39 is 0 Å². The number of hydrogen-bond acceptors (Lipinski definition) is 8. The minimum Gasteiger partial charge on any atom is -0.457 e. The van der Waals surface area contributed by atoms with Gasteiger partial charge in [0.15, 0.2) is 5.82 Å². The Kier molecular flexibility index (Phi) is 9.37. The molecule has 66 heavy (non-hydrogen) atoms. The van der Waals surface area contributed by atoms with Gasteiger partial charge < -0.3 is 14.0 Å². The van der Waals surface area contributed by atoms with Crippen molar-refractivity contribution in [2.45, 2.75) is 0 Å². The average molecular weight is 849 g/mol. The molecule has 0 radical (unpaired) electrons. The monoisotopic (exact) mass is 848 g/mol. The SMILES string of the molecule is [C-]#[N+]c1cnc(-n2c3ccccc3c3ccc(Oc4cccc(-c5cnc(-c6cccc(Oc7ccc8c9ccccc9n(-c9ncc(C#N)cc9[N+]#[C-])c8c7)c6)cn5)c4)cc32)c(C#N)c1. The van der Waals surface area contributed by atoms with E-state index in [0.29, 0.717) is 62.8 Å². The molecule has 12 heteroatoms. The number of nitrogens with zero attached hydrogens (tertiary/aromatic N) is 10. The molecular formula is C54H28N10O2. The molecule has 0 saturated carbocycles. The summed E-state index contributed by atoms with van der Waals surface area (Å²) in [5, 5.41) is 23.4. The van der Waals surface area contributed by atoms with Gasteiger partial charge in [0, 0.05) is 57.2 Å². The Balaban J connectivity index is 0.859. The van der Waals surface area contributed by atoms with Gasteiger partial charge in [0.25, 0.3) is 0 Å². The van der Waals surface area contributed by atoms with Crippen molar-refractivity contribution in [2.75, 3.05) is 0 Å². The molecule has 5 heterocycles. The molecule has 12 nitrogen and oxygen atoms in total. The molecule has 0 N–H and O–H groups in total. The van der Waals surface area contributed by atoms with Crippen LogP contribution < -0.4 is 9.47 Å². The number of fused-ring (bicyclic) bond motifs is 6. The van der Waals surface area contributed by atoms with Crippen LogP contribution in [0.25, 0.3) is 87.5 Å². The van der Waals surface area contributed by atoms with Crippen molar-refractivity contribution in [1.82, 2.24) is 29.1 Å². The van der Waals surface area contributed by atoms with Crippen LogP contribution in [0.1, 0.15) is 11.1 Å². The second kappa shape index (κ2) is 16.0. The summed E-state index contributed by atoms with van der Waals surface area (Å²) in [5.74, 6) is 3.24. The van der Waals surface area contributed by atoms with E-state index in [1.165, 1.54) is 12.4 Å². The van der Waals surface area contributed by atoms with Crippen LogP contribution in [0.5, 0.6) is 23.0 Å². The Hall–Kier alpha value is -10.1. The Morgan fingerprint density at radius 2 is 0.985 bits per heavy atom. The first-order valence-electron chi connectivity index (χ1n) is 20.5. The van der Waals surface area contributed by atoms with Crippen molar-refractivity contribution in [3.63, 3.8) is 0 Å². The lowest BCUT2D eigenvalue weighted by Gasteiger charge is -2.11. The molecule has 306 valence electrons. The standard InChI is InChI=1S/C54H28N10O2/c1-57-37-22-36(28-56)53(62-30-37)63-49-15-5-3-13-42(49)44-19-17-40(25-51(44)63)65-38-11-7-9-34(23-38)47-31-60-48(32-59-47)35-10-8-12-39(24-35)66-41-18-20-45-43-14-4-6-16-50(43)64(52(45)26-41)54-46(58-2)21-33(27-55)29-61-54/h3-26,29-32H. The molecule has 0 bridgehead atoms. The molecule has 0 aliphatic rings. The van der Waals surface area contributed by atoms with E-state index in [1.807, 2.05) is 143 Å². The zero-order valence-electron chi connectivity index (χ0n) is 34.5. The van der Waals surface area contributed by atoms with Crippen molar-refractivity contribution in [1.29, 1.82) is 10.5 Å². The van der Waals surface area contributed by atoms with Crippen LogP contribution in [0.4, 0.5) is 11.4 Å². The normalized spacial score (nSPS) is 11.0. The molecule has 11 rings (SSSR count). The Morgan fingerprint density at radius 1 is 0.455 bits per heavy atom. The van der Waals surface area contributed by atoms with Crippen LogP contribution >= 0.6 is 0 Å². The summed E-state index contributed by atoms with van der Waals surface area (Å²) in [6.07, 6.45) is 6.42. The zero-order chi connectivity index (χ0) is 44.7. The lowest BCUT2D eigenvalue weighted by molar-refractivity contribution is 0.483. The molecule has 0 unspecified atom stereocenters. The summed E-state index contributed by atoms with van der Waals surface area (Å²) in [6, 6.07) is 50.2. The number of aromatic nitrogens is 6. The van der Waals surface area contributed by atoms with Crippen LogP contribution in [0.2, 0.25) is 0 Å². The first-order valence-corrected chi connectivity index (χ1v) is 20.5. The highest BCUT2D eigenvalue weighted by Crippen LogP contribution is 2.39. The van der Waals surface area contributed by atoms with E-state index in [9.17, 15) is 10.5 Å². The van der Waals surface area contributed by atoms with Gasteiger partial charge >= 0.3 is 0 Å². The second-order valence-corrected chi connectivity index (χ2v) is 15.2. The Bertz CT molecular complexity index is 3700. The summed E-state index contributed by atoms with van der Waals surface area (Å²) in [6.45, 7) is 15.3. The summed E-state index contributed by atoms with van der Waals surface area (Å²) in [7, 11) is 0. The maximum atomic E-state index is 10.0. The second-order valence-electron chi connectivity index (χ2n) is 15.2. The molecule has 5 aromatic heterocycles. The van der Waals surface area contributed by atoms with Gasteiger partial charge in [-0.2, -0.15) is 10.5 Å². The van der Waals surface area contributed by atoms with Crippen molar-refractivity contribution >= 4 is 55.0 Å². The van der Waals surface area contributed by atoms with E-state index in [2.05, 4.69) is 31.8 Å². The van der Waals surface area contributed by atoms with Crippen LogP contribution in [-0.2, 0) is 0 Å². The van der Waals surface area contributed by atoms with Gasteiger partial charge in [-0.25, -0.2) is 19.7 Å². The number of para-hydroxylation sites is 2. The van der Waals surface area contributed by atoms with Crippen molar-refractivity contribution in [2.24, 2.45) is 0 Å². The van der Waals surface area contributed by atoms with Crippen molar-refractivity contribution < 1.29 is 9.47 Å². The molecule has 0 atom stereocenters. The lowest BCUT2D eigenvalue weighted by Crippen LogP contribution is -2.00. The molecule has 11 aromatic rings. The van der Waals surface area contributed by atoms with Crippen LogP contribution in [-0.4, -0.2) is 29.1 Å². The summed E-state index contributed by atoms with van der Waals surface area (Å²) >= 11 is 0. The predicted octanol–water partition coefficient (Wildman–Crippen LogP) is 13.2. The molecule has 0 spiro atoms. The first kappa shape index (κ1) is 38.8. The Morgan fingerprint density at radius 3 is 1.52 bits per heavy atom.